The van der Waals surface area contributed by atoms with Crippen molar-refractivity contribution in [2.45, 2.75) is 13.1 Å². The molecule has 0 bridgehead atoms. The van der Waals surface area contributed by atoms with Crippen molar-refractivity contribution in [1.82, 2.24) is 15.0 Å². The summed E-state index contributed by atoms with van der Waals surface area (Å²) in [5, 5.41) is 9.72. The van der Waals surface area contributed by atoms with Crippen LogP contribution in [0.15, 0.2) is 42.5 Å². The first kappa shape index (κ1) is 28.7. The Hall–Kier alpha value is -3.87. The summed E-state index contributed by atoms with van der Waals surface area (Å²) in [4.78, 5) is 13.6. The van der Waals surface area contributed by atoms with Gasteiger partial charge in [0.25, 0.3) is 0 Å². The minimum Gasteiger partial charge on any atom is -0.497 e. The van der Waals surface area contributed by atoms with E-state index in [1.165, 1.54) is 0 Å². The van der Waals surface area contributed by atoms with Crippen molar-refractivity contribution in [1.29, 1.82) is 0 Å². The van der Waals surface area contributed by atoms with Gasteiger partial charge in [0.15, 0.2) is 11.5 Å². The summed E-state index contributed by atoms with van der Waals surface area (Å²) >= 11 is 0. The maximum absolute atomic E-state index is 5.57. The molecule has 0 aliphatic rings. The second kappa shape index (κ2) is 16.1. The van der Waals surface area contributed by atoms with E-state index in [-0.39, 0.29) is 0 Å². The minimum atomic E-state index is 0.422. The normalized spacial score (nSPS) is 10.6. The van der Waals surface area contributed by atoms with Gasteiger partial charge in [0.05, 0.1) is 47.8 Å². The highest BCUT2D eigenvalue weighted by atomic mass is 16.5. The van der Waals surface area contributed by atoms with Crippen LogP contribution >= 0.6 is 0 Å². The van der Waals surface area contributed by atoms with Crippen molar-refractivity contribution in [3.05, 3.63) is 53.6 Å². The van der Waals surface area contributed by atoms with Crippen molar-refractivity contribution >= 4 is 17.8 Å². The van der Waals surface area contributed by atoms with Gasteiger partial charge in [-0.15, -0.1) is 0 Å². The van der Waals surface area contributed by atoms with Crippen LogP contribution in [0.2, 0.25) is 0 Å². The molecule has 2 aromatic carbocycles. The molecule has 3 aromatic rings. The lowest BCUT2D eigenvalue weighted by Crippen LogP contribution is -2.17. The van der Waals surface area contributed by atoms with Gasteiger partial charge < -0.3 is 45.4 Å². The van der Waals surface area contributed by atoms with E-state index in [0.717, 1.165) is 16.9 Å². The molecule has 38 heavy (non-hydrogen) atoms. The maximum Gasteiger partial charge on any atom is 0.229 e. The van der Waals surface area contributed by atoms with Crippen LogP contribution in [0.3, 0.4) is 0 Å². The van der Waals surface area contributed by atoms with E-state index < -0.39 is 0 Å². The number of nitrogens with one attached hydrogen (secondary N) is 3. The topological polar surface area (TPSA) is 147 Å². The number of benzene rings is 2. The lowest BCUT2D eigenvalue weighted by molar-refractivity contribution is 0.0547. The average Bonchev–Trinajstić information content (AvgIpc) is 2.96. The Morgan fingerprint density at radius 2 is 1.21 bits per heavy atom. The zero-order chi connectivity index (χ0) is 27.0. The first-order chi connectivity index (χ1) is 18.6. The highest BCUT2D eigenvalue weighted by molar-refractivity contribution is 5.46. The monoisotopic (exact) mass is 527 g/mol. The fourth-order valence-electron chi connectivity index (χ4n) is 3.35. The summed E-state index contributed by atoms with van der Waals surface area (Å²) in [5.41, 5.74) is 7.45. The number of nitrogens with two attached hydrogens (primary N) is 1. The van der Waals surface area contributed by atoms with E-state index in [0.29, 0.717) is 82.0 Å². The minimum absolute atomic E-state index is 0.422. The number of aromatic nitrogens is 3. The van der Waals surface area contributed by atoms with Crippen LogP contribution < -0.4 is 35.9 Å². The highest BCUT2D eigenvalue weighted by Gasteiger charge is 2.09. The van der Waals surface area contributed by atoms with Gasteiger partial charge in [-0.05, 0) is 35.4 Å². The molecular weight excluding hydrogens is 490 g/mol. The maximum atomic E-state index is 5.57. The van der Waals surface area contributed by atoms with Crippen LogP contribution in [0.1, 0.15) is 11.1 Å². The number of rotatable bonds is 18. The van der Waals surface area contributed by atoms with Gasteiger partial charge in [-0.3, -0.25) is 0 Å². The molecule has 0 spiro atoms. The smallest absolute Gasteiger partial charge is 0.229 e. The Labute approximate surface area is 223 Å². The molecule has 5 N–H and O–H groups in total. The number of hydrogen-bond acceptors (Lipinski definition) is 12. The predicted molar refractivity (Wildman–Crippen MR) is 146 cm³/mol. The second-order valence-corrected chi connectivity index (χ2v) is 7.99. The summed E-state index contributed by atoms with van der Waals surface area (Å²) in [6.45, 7) is 4.03. The third-order valence-electron chi connectivity index (χ3n) is 5.31. The number of nitrogens with zero attached hydrogens (tertiary/aromatic N) is 3. The van der Waals surface area contributed by atoms with E-state index in [1.54, 1.807) is 21.3 Å². The molecule has 1 aromatic heterocycles. The van der Waals surface area contributed by atoms with Crippen LogP contribution in [-0.2, 0) is 22.6 Å². The lowest BCUT2D eigenvalue weighted by atomic mass is 10.2. The summed E-state index contributed by atoms with van der Waals surface area (Å²) in [5.74, 6) is 3.40. The molecule has 0 amide bonds. The van der Waals surface area contributed by atoms with Gasteiger partial charge in [-0.1, -0.05) is 18.2 Å². The van der Waals surface area contributed by atoms with Crippen molar-refractivity contribution in [2.75, 3.05) is 76.8 Å². The Balaban J connectivity index is 1.63. The summed E-state index contributed by atoms with van der Waals surface area (Å²) in [6.07, 6.45) is 0. The number of hydrogen-bond donors (Lipinski definition) is 4. The molecule has 0 radical (unpaired) electrons. The Morgan fingerprint density at radius 1 is 0.632 bits per heavy atom. The summed E-state index contributed by atoms with van der Waals surface area (Å²) in [6, 6.07) is 13.5. The van der Waals surface area contributed by atoms with Gasteiger partial charge in [0.2, 0.25) is 17.8 Å². The van der Waals surface area contributed by atoms with E-state index in [1.807, 2.05) is 42.5 Å². The van der Waals surface area contributed by atoms with Crippen LogP contribution in [-0.4, -0.2) is 75.8 Å². The lowest BCUT2D eigenvalue weighted by Gasteiger charge is -2.13. The molecule has 0 aliphatic carbocycles. The van der Waals surface area contributed by atoms with E-state index in [9.17, 15) is 0 Å². The fraction of sp³-hybridized carbons (Fsp3) is 0.423. The second-order valence-electron chi connectivity index (χ2n) is 7.99. The van der Waals surface area contributed by atoms with Crippen molar-refractivity contribution < 1.29 is 23.7 Å². The molecule has 3 rings (SSSR count). The molecule has 0 fully saturated rings. The molecule has 0 atom stereocenters. The first-order valence-electron chi connectivity index (χ1n) is 12.3. The average molecular weight is 528 g/mol. The summed E-state index contributed by atoms with van der Waals surface area (Å²) < 4.78 is 26.8. The first-order valence-corrected chi connectivity index (χ1v) is 12.3. The summed E-state index contributed by atoms with van der Waals surface area (Å²) in [7, 11) is 4.86. The van der Waals surface area contributed by atoms with Gasteiger partial charge >= 0.3 is 0 Å². The van der Waals surface area contributed by atoms with E-state index in [4.69, 9.17) is 29.4 Å². The molecular formula is C26H37N7O5. The van der Waals surface area contributed by atoms with Crippen molar-refractivity contribution in [3.8, 4) is 17.2 Å². The highest BCUT2D eigenvalue weighted by Crippen LogP contribution is 2.27. The molecule has 1 heterocycles. The van der Waals surface area contributed by atoms with Gasteiger partial charge in [0.1, 0.15) is 5.75 Å². The third kappa shape index (κ3) is 9.54. The number of ether oxygens (including phenoxy) is 5. The largest absolute Gasteiger partial charge is 0.497 e. The zero-order valence-corrected chi connectivity index (χ0v) is 22.2. The van der Waals surface area contributed by atoms with Gasteiger partial charge in [-0.2, -0.15) is 15.0 Å². The Bertz CT molecular complexity index is 1100. The number of methoxy groups -OCH3 is 3. The Kier molecular flexibility index (Phi) is 12.1. The quantitative estimate of drug-likeness (QED) is 0.180. The fourth-order valence-corrected chi connectivity index (χ4v) is 3.35. The van der Waals surface area contributed by atoms with Crippen molar-refractivity contribution in [3.63, 3.8) is 0 Å². The van der Waals surface area contributed by atoms with Crippen LogP contribution in [0.5, 0.6) is 17.2 Å². The molecule has 0 unspecified atom stereocenters. The molecule has 12 nitrogen and oxygen atoms in total. The number of anilines is 3. The molecule has 0 aliphatic heterocycles. The van der Waals surface area contributed by atoms with E-state index in [2.05, 4.69) is 30.9 Å². The van der Waals surface area contributed by atoms with Crippen LogP contribution in [0.25, 0.3) is 0 Å². The molecule has 206 valence electrons. The van der Waals surface area contributed by atoms with Gasteiger partial charge in [-0.25, -0.2) is 0 Å². The van der Waals surface area contributed by atoms with Crippen LogP contribution in [0, 0.1) is 0 Å². The van der Waals surface area contributed by atoms with Crippen LogP contribution in [0.4, 0.5) is 17.8 Å². The molecule has 0 saturated heterocycles. The zero-order valence-electron chi connectivity index (χ0n) is 22.2. The molecule has 12 heteroatoms. The standard InChI is InChI=1S/C26H37N7O5/c1-34-21-7-4-19(5-8-21)17-29-25-31-24(28-11-13-38-15-14-37-12-10-27)32-26(33-25)30-18-20-6-9-22(35-2)23(16-20)36-3/h4-9,16H,10-15,17-18,27H2,1-3H3,(H3,28,29,30,31,32,33). The SMILES string of the molecule is COc1ccc(CNc2nc(NCCOCCOCCN)nc(NCc3ccc(OC)c(OC)c3)n2)cc1. The predicted octanol–water partition coefficient (Wildman–Crippen LogP) is 2.53. The van der Waals surface area contributed by atoms with Gasteiger partial charge in [0, 0.05) is 26.2 Å². The third-order valence-corrected chi connectivity index (χ3v) is 5.31. The van der Waals surface area contributed by atoms with Crippen molar-refractivity contribution in [2.24, 2.45) is 5.73 Å². The van der Waals surface area contributed by atoms with E-state index >= 15 is 0 Å². The molecule has 0 saturated carbocycles. The Morgan fingerprint density at radius 3 is 1.82 bits per heavy atom.